The second kappa shape index (κ2) is 6.58. The topological polar surface area (TPSA) is 34.5 Å². The molecule has 0 N–H and O–H groups in total. The van der Waals surface area contributed by atoms with Gasteiger partial charge >= 0.3 is 0 Å². The highest BCUT2D eigenvalue weighted by Gasteiger charge is 2.48. The van der Waals surface area contributed by atoms with Crippen LogP contribution in [0.2, 0.25) is 0 Å². The summed E-state index contributed by atoms with van der Waals surface area (Å²) in [5.74, 6) is 1.64. The van der Waals surface area contributed by atoms with Crippen LogP contribution >= 0.6 is 0 Å². The van der Waals surface area contributed by atoms with Crippen molar-refractivity contribution in [3.05, 3.63) is 53.9 Å². The number of piperidine rings is 1. The number of amides is 1. The molecule has 2 aromatic rings. The maximum absolute atomic E-state index is 13.2. The van der Waals surface area contributed by atoms with Gasteiger partial charge in [-0.05, 0) is 55.4 Å². The van der Waals surface area contributed by atoms with E-state index in [9.17, 15) is 4.79 Å². The monoisotopic (exact) mass is 338 g/mol. The molecule has 1 aliphatic heterocycles. The molecule has 1 aromatic heterocycles. The predicted octanol–water partition coefficient (Wildman–Crippen LogP) is 3.89. The number of para-hydroxylation sites is 1. The van der Waals surface area contributed by atoms with Crippen molar-refractivity contribution in [3.8, 4) is 5.75 Å². The third-order valence-corrected chi connectivity index (χ3v) is 5.76. The van der Waals surface area contributed by atoms with Gasteiger partial charge in [0, 0.05) is 31.4 Å². The zero-order chi connectivity index (χ0) is 17.4. The van der Waals surface area contributed by atoms with Gasteiger partial charge in [-0.2, -0.15) is 0 Å². The lowest BCUT2D eigenvalue weighted by molar-refractivity contribution is -0.136. The van der Waals surface area contributed by atoms with E-state index in [1.54, 1.807) is 7.11 Å². The number of methoxy groups -OCH3 is 1. The number of nitrogens with zero attached hydrogens (tertiary/aromatic N) is 2. The van der Waals surface area contributed by atoms with Crippen molar-refractivity contribution in [2.45, 2.75) is 37.6 Å². The maximum atomic E-state index is 13.2. The van der Waals surface area contributed by atoms with Crippen LogP contribution in [-0.4, -0.2) is 29.0 Å². The molecule has 1 aromatic carbocycles. The van der Waals surface area contributed by atoms with Crippen LogP contribution in [0, 0.1) is 5.92 Å². The minimum atomic E-state index is 0.108. The molecule has 132 valence electrons. The first-order chi connectivity index (χ1) is 12.2. The van der Waals surface area contributed by atoms with Crippen LogP contribution in [0.25, 0.3) is 0 Å². The van der Waals surface area contributed by atoms with Crippen molar-refractivity contribution in [1.29, 1.82) is 0 Å². The first kappa shape index (κ1) is 16.2. The fourth-order valence-corrected chi connectivity index (χ4v) is 4.32. The van der Waals surface area contributed by atoms with Crippen LogP contribution < -0.4 is 4.74 Å². The molecule has 0 radical (unpaired) electrons. The largest absolute Gasteiger partial charge is 0.496 e. The fourth-order valence-electron chi connectivity index (χ4n) is 4.32. The summed E-state index contributed by atoms with van der Waals surface area (Å²) in [4.78, 5) is 15.4. The van der Waals surface area contributed by atoms with E-state index < -0.39 is 0 Å². The molecule has 0 spiro atoms. The first-order valence-electron chi connectivity index (χ1n) is 9.25. The molecule has 1 amide bonds. The van der Waals surface area contributed by atoms with Crippen LogP contribution in [0.3, 0.4) is 0 Å². The Hall–Kier alpha value is -2.23. The van der Waals surface area contributed by atoms with Crippen molar-refractivity contribution in [1.82, 2.24) is 9.47 Å². The molecule has 0 unspecified atom stereocenters. The van der Waals surface area contributed by atoms with Gasteiger partial charge in [0.25, 0.3) is 0 Å². The molecule has 3 atom stereocenters. The summed E-state index contributed by atoms with van der Waals surface area (Å²) in [5, 5.41) is 0. The highest BCUT2D eigenvalue weighted by molar-refractivity contribution is 5.83. The van der Waals surface area contributed by atoms with Gasteiger partial charge in [-0.1, -0.05) is 18.2 Å². The van der Waals surface area contributed by atoms with Crippen LogP contribution in [0.5, 0.6) is 5.75 Å². The van der Waals surface area contributed by atoms with Crippen molar-refractivity contribution in [3.63, 3.8) is 0 Å². The second-order valence-corrected chi connectivity index (χ2v) is 7.28. The molecule has 4 heteroatoms. The Labute approximate surface area is 149 Å². The minimum absolute atomic E-state index is 0.108. The normalized spacial score (nSPS) is 25.7. The molecule has 4 nitrogen and oxygen atoms in total. The molecule has 2 aliphatic rings. The third kappa shape index (κ3) is 2.94. The number of aryl methyl sites for hydroxylation is 1. The Morgan fingerprint density at radius 3 is 2.76 bits per heavy atom. The summed E-state index contributed by atoms with van der Waals surface area (Å²) in [6.07, 6.45) is 6.38. The van der Waals surface area contributed by atoms with Gasteiger partial charge < -0.3 is 14.2 Å². The fraction of sp³-hybridized carbons (Fsp3) is 0.476. The molecule has 2 heterocycles. The van der Waals surface area contributed by atoms with Crippen LogP contribution in [0.1, 0.15) is 48.9 Å². The van der Waals surface area contributed by atoms with Crippen molar-refractivity contribution >= 4 is 5.91 Å². The van der Waals surface area contributed by atoms with Gasteiger partial charge in [0.1, 0.15) is 5.75 Å². The number of likely N-dealkylation sites (tertiary alicyclic amines) is 1. The Kier molecular flexibility index (Phi) is 4.28. The first-order valence-corrected chi connectivity index (χ1v) is 9.25. The standard InChI is InChI=1S/C21H26N2O2/c1-22-12-7-10-18(22)19-9-5-6-13-23(19)21(24)17-14-16(17)15-8-3-4-11-20(15)25-2/h3-4,7-8,10-12,16-17,19H,5-6,9,13-14H2,1-2H3/t16-,17+,19-/m0/s1. The molecule has 4 rings (SSSR count). The highest BCUT2D eigenvalue weighted by atomic mass is 16.5. The minimum Gasteiger partial charge on any atom is -0.496 e. The Morgan fingerprint density at radius 2 is 2.00 bits per heavy atom. The van der Waals surface area contributed by atoms with Gasteiger partial charge in [0.15, 0.2) is 0 Å². The molecule has 0 bridgehead atoms. The van der Waals surface area contributed by atoms with Crippen molar-refractivity contribution in [2.24, 2.45) is 13.0 Å². The summed E-state index contributed by atoms with van der Waals surface area (Å²) in [5.41, 5.74) is 2.43. The van der Waals surface area contributed by atoms with Gasteiger partial charge in [0.2, 0.25) is 5.91 Å². The molecular weight excluding hydrogens is 312 g/mol. The van der Waals surface area contributed by atoms with E-state index in [1.807, 2.05) is 18.2 Å². The Bertz CT molecular complexity index is 767. The number of benzene rings is 1. The van der Waals surface area contributed by atoms with Gasteiger partial charge in [-0.15, -0.1) is 0 Å². The Morgan fingerprint density at radius 1 is 1.16 bits per heavy atom. The van der Waals surface area contributed by atoms with Crippen molar-refractivity contribution in [2.75, 3.05) is 13.7 Å². The lowest BCUT2D eigenvalue weighted by atomic mass is 9.98. The summed E-state index contributed by atoms with van der Waals surface area (Å²) in [6, 6.07) is 12.6. The number of carbonyl (C=O) groups is 1. The summed E-state index contributed by atoms with van der Waals surface area (Å²) in [6.45, 7) is 0.879. The molecule has 1 saturated heterocycles. The van der Waals surface area contributed by atoms with Gasteiger partial charge in [-0.25, -0.2) is 0 Å². The lowest BCUT2D eigenvalue weighted by Crippen LogP contribution is -2.40. The van der Waals surface area contributed by atoms with Crippen molar-refractivity contribution < 1.29 is 9.53 Å². The number of ether oxygens (including phenoxy) is 1. The van der Waals surface area contributed by atoms with E-state index in [0.717, 1.165) is 31.6 Å². The van der Waals surface area contributed by atoms with E-state index in [4.69, 9.17) is 4.74 Å². The number of hydrogen-bond donors (Lipinski definition) is 0. The predicted molar refractivity (Wildman–Crippen MR) is 97.6 cm³/mol. The molecule has 1 aliphatic carbocycles. The molecule has 25 heavy (non-hydrogen) atoms. The molecule has 1 saturated carbocycles. The number of hydrogen-bond acceptors (Lipinski definition) is 2. The van der Waals surface area contributed by atoms with E-state index in [-0.39, 0.29) is 12.0 Å². The molecular formula is C21H26N2O2. The average molecular weight is 338 g/mol. The number of aromatic nitrogens is 1. The van der Waals surface area contributed by atoms with E-state index >= 15 is 0 Å². The zero-order valence-electron chi connectivity index (χ0n) is 15.0. The third-order valence-electron chi connectivity index (χ3n) is 5.76. The summed E-state index contributed by atoms with van der Waals surface area (Å²) in [7, 11) is 3.77. The lowest BCUT2D eigenvalue weighted by Gasteiger charge is -2.36. The van der Waals surface area contributed by atoms with Crippen LogP contribution in [-0.2, 0) is 11.8 Å². The van der Waals surface area contributed by atoms with E-state index in [1.165, 1.54) is 17.7 Å². The smallest absolute Gasteiger partial charge is 0.226 e. The summed E-state index contributed by atoms with van der Waals surface area (Å²) >= 11 is 0. The summed E-state index contributed by atoms with van der Waals surface area (Å²) < 4.78 is 7.64. The van der Waals surface area contributed by atoms with Gasteiger partial charge in [0.05, 0.1) is 13.2 Å². The van der Waals surface area contributed by atoms with Crippen LogP contribution in [0.15, 0.2) is 42.6 Å². The maximum Gasteiger partial charge on any atom is 0.226 e. The highest BCUT2D eigenvalue weighted by Crippen LogP contribution is 2.52. The van der Waals surface area contributed by atoms with E-state index in [0.29, 0.717) is 11.8 Å². The number of carbonyl (C=O) groups excluding carboxylic acids is 1. The SMILES string of the molecule is COc1ccccc1[C@@H]1C[C@H]1C(=O)N1CCCC[C@H]1c1cccn1C. The van der Waals surface area contributed by atoms with Crippen LogP contribution in [0.4, 0.5) is 0 Å². The zero-order valence-corrected chi connectivity index (χ0v) is 15.0. The quantitative estimate of drug-likeness (QED) is 0.847. The van der Waals surface area contributed by atoms with E-state index in [2.05, 4.69) is 40.9 Å². The number of rotatable bonds is 4. The average Bonchev–Trinajstić information content (AvgIpc) is 3.34. The Balaban J connectivity index is 1.53. The second-order valence-electron chi connectivity index (χ2n) is 7.28. The molecule has 2 fully saturated rings. The van der Waals surface area contributed by atoms with Gasteiger partial charge in [-0.3, -0.25) is 4.79 Å².